The number of rotatable bonds is 4. The van der Waals surface area contributed by atoms with Crippen LogP contribution in [0.25, 0.3) is 0 Å². The number of ether oxygens (including phenoxy) is 1. The molecule has 1 saturated heterocycles. The highest BCUT2D eigenvalue weighted by molar-refractivity contribution is 7.89. The van der Waals surface area contributed by atoms with Gasteiger partial charge in [0, 0.05) is 25.4 Å². The zero-order valence-corrected chi connectivity index (χ0v) is 13.7. The zero-order chi connectivity index (χ0) is 16.3. The number of piperidine rings is 1. The molecule has 0 aliphatic carbocycles. The maximum Gasteiger partial charge on any atom is 0.243 e. The van der Waals surface area contributed by atoms with Crippen LogP contribution in [0.3, 0.4) is 0 Å². The summed E-state index contributed by atoms with van der Waals surface area (Å²) in [4.78, 5) is 8.59. The van der Waals surface area contributed by atoms with Crippen LogP contribution in [0, 0.1) is 6.92 Å². The molecule has 0 spiro atoms. The van der Waals surface area contributed by atoms with Crippen molar-refractivity contribution in [2.45, 2.75) is 30.8 Å². The van der Waals surface area contributed by atoms with Gasteiger partial charge in [0.1, 0.15) is 11.9 Å². The largest absolute Gasteiger partial charge is 0.474 e. The van der Waals surface area contributed by atoms with Crippen LogP contribution in [0.15, 0.2) is 47.5 Å². The Hall–Kier alpha value is -1.99. The number of hydrogen-bond donors (Lipinski definition) is 0. The molecule has 1 aromatic carbocycles. The lowest BCUT2D eigenvalue weighted by molar-refractivity contribution is 0.129. The zero-order valence-electron chi connectivity index (χ0n) is 12.9. The Balaban J connectivity index is 1.62. The van der Waals surface area contributed by atoms with Crippen LogP contribution in [0.2, 0.25) is 0 Å². The van der Waals surface area contributed by atoms with E-state index >= 15 is 0 Å². The highest BCUT2D eigenvalue weighted by Crippen LogP contribution is 2.22. The van der Waals surface area contributed by atoms with E-state index in [-0.39, 0.29) is 6.10 Å². The quantitative estimate of drug-likeness (QED) is 0.856. The second-order valence-electron chi connectivity index (χ2n) is 5.48. The highest BCUT2D eigenvalue weighted by Gasteiger charge is 2.30. The summed E-state index contributed by atoms with van der Waals surface area (Å²) < 4.78 is 32.5. The van der Waals surface area contributed by atoms with Gasteiger partial charge >= 0.3 is 0 Å². The van der Waals surface area contributed by atoms with E-state index in [2.05, 4.69) is 9.97 Å². The second kappa shape index (κ2) is 6.64. The Bertz CT molecular complexity index is 757. The van der Waals surface area contributed by atoms with E-state index in [0.29, 0.717) is 42.5 Å². The first-order valence-corrected chi connectivity index (χ1v) is 9.01. The number of aryl methyl sites for hydroxylation is 1. The first-order chi connectivity index (χ1) is 11.1. The molecule has 0 atom stereocenters. The fourth-order valence-electron chi connectivity index (χ4n) is 2.60. The van der Waals surface area contributed by atoms with Crippen molar-refractivity contribution in [3.05, 3.63) is 48.4 Å². The van der Waals surface area contributed by atoms with E-state index in [1.54, 1.807) is 36.5 Å². The van der Waals surface area contributed by atoms with Gasteiger partial charge in [0.05, 0.1) is 4.90 Å². The molecule has 1 aliphatic heterocycles. The van der Waals surface area contributed by atoms with Crippen LogP contribution in [0.1, 0.15) is 18.7 Å². The molecule has 1 aromatic heterocycles. The molecular formula is C16H19N3O3S. The van der Waals surface area contributed by atoms with Gasteiger partial charge in [-0.2, -0.15) is 9.29 Å². The normalized spacial score (nSPS) is 17.1. The summed E-state index contributed by atoms with van der Waals surface area (Å²) in [5.41, 5.74) is 0. The van der Waals surface area contributed by atoms with E-state index in [1.165, 1.54) is 4.31 Å². The third-order valence-corrected chi connectivity index (χ3v) is 5.73. The van der Waals surface area contributed by atoms with Crippen LogP contribution in [-0.2, 0) is 10.0 Å². The van der Waals surface area contributed by atoms with Gasteiger partial charge in [0.25, 0.3) is 0 Å². The van der Waals surface area contributed by atoms with Crippen molar-refractivity contribution in [1.29, 1.82) is 0 Å². The summed E-state index contributed by atoms with van der Waals surface area (Å²) in [5, 5.41) is 0. The average molecular weight is 333 g/mol. The van der Waals surface area contributed by atoms with Crippen molar-refractivity contribution in [1.82, 2.24) is 14.3 Å². The van der Waals surface area contributed by atoms with E-state index < -0.39 is 10.0 Å². The third-order valence-electron chi connectivity index (χ3n) is 3.82. The highest BCUT2D eigenvalue weighted by atomic mass is 32.2. The fourth-order valence-corrected chi connectivity index (χ4v) is 4.09. The van der Waals surface area contributed by atoms with Crippen LogP contribution < -0.4 is 4.74 Å². The van der Waals surface area contributed by atoms with E-state index in [0.717, 1.165) is 0 Å². The number of hydrogen-bond acceptors (Lipinski definition) is 5. The fraction of sp³-hybridized carbons (Fsp3) is 0.375. The molecule has 0 saturated carbocycles. The maximum absolute atomic E-state index is 12.6. The molecule has 0 N–H and O–H groups in total. The summed E-state index contributed by atoms with van der Waals surface area (Å²) in [6.45, 7) is 2.71. The van der Waals surface area contributed by atoms with Gasteiger partial charge in [-0.05, 0) is 31.9 Å². The predicted octanol–water partition coefficient (Wildman–Crippen LogP) is 2.02. The maximum atomic E-state index is 12.6. The molecule has 0 radical (unpaired) electrons. The summed E-state index contributed by atoms with van der Waals surface area (Å²) in [7, 11) is -3.41. The lowest BCUT2D eigenvalue weighted by Crippen LogP contribution is -2.41. The van der Waals surface area contributed by atoms with Gasteiger partial charge in [-0.15, -0.1) is 0 Å². The van der Waals surface area contributed by atoms with E-state index in [9.17, 15) is 8.42 Å². The lowest BCUT2D eigenvalue weighted by Gasteiger charge is -2.31. The first kappa shape index (κ1) is 15.9. The summed E-state index contributed by atoms with van der Waals surface area (Å²) in [6.07, 6.45) is 2.93. The third kappa shape index (κ3) is 3.68. The van der Waals surface area contributed by atoms with E-state index in [1.807, 2.05) is 13.0 Å². The smallest absolute Gasteiger partial charge is 0.243 e. The van der Waals surface area contributed by atoms with Gasteiger partial charge in [-0.25, -0.2) is 13.4 Å². The second-order valence-corrected chi connectivity index (χ2v) is 7.41. The number of benzene rings is 1. The van der Waals surface area contributed by atoms with Crippen LogP contribution in [0.5, 0.6) is 5.88 Å². The van der Waals surface area contributed by atoms with Crippen LogP contribution >= 0.6 is 0 Å². The van der Waals surface area contributed by atoms with Gasteiger partial charge in [-0.3, -0.25) is 0 Å². The Morgan fingerprint density at radius 3 is 2.48 bits per heavy atom. The van der Waals surface area contributed by atoms with Crippen molar-refractivity contribution < 1.29 is 13.2 Å². The first-order valence-electron chi connectivity index (χ1n) is 7.57. The minimum Gasteiger partial charge on any atom is -0.474 e. The van der Waals surface area contributed by atoms with Gasteiger partial charge < -0.3 is 4.74 Å². The van der Waals surface area contributed by atoms with Gasteiger partial charge in [-0.1, -0.05) is 18.2 Å². The molecule has 0 unspecified atom stereocenters. The van der Waals surface area contributed by atoms with Crippen molar-refractivity contribution in [3.8, 4) is 5.88 Å². The Kier molecular flexibility index (Phi) is 4.58. The minimum absolute atomic E-state index is 0.0217. The molecule has 7 heteroatoms. The topological polar surface area (TPSA) is 72.4 Å². The molecule has 2 aromatic rings. The minimum atomic E-state index is -3.41. The molecule has 6 nitrogen and oxygen atoms in total. The lowest BCUT2D eigenvalue weighted by atomic mass is 10.1. The van der Waals surface area contributed by atoms with Crippen LogP contribution in [-0.4, -0.2) is 41.9 Å². The number of aromatic nitrogens is 2. The summed E-state index contributed by atoms with van der Waals surface area (Å²) in [6, 6.07) is 10.3. The monoisotopic (exact) mass is 333 g/mol. The average Bonchev–Trinajstić information content (AvgIpc) is 2.56. The number of nitrogens with zero attached hydrogens (tertiary/aromatic N) is 3. The van der Waals surface area contributed by atoms with Gasteiger partial charge in [0.2, 0.25) is 15.9 Å². The Morgan fingerprint density at radius 1 is 1.13 bits per heavy atom. The molecule has 122 valence electrons. The van der Waals surface area contributed by atoms with Crippen molar-refractivity contribution in [2.24, 2.45) is 0 Å². The number of sulfonamides is 1. The van der Waals surface area contributed by atoms with Crippen molar-refractivity contribution in [2.75, 3.05) is 13.1 Å². The van der Waals surface area contributed by atoms with E-state index in [4.69, 9.17) is 4.74 Å². The molecule has 2 heterocycles. The molecule has 1 fully saturated rings. The Labute approximate surface area is 136 Å². The van der Waals surface area contributed by atoms with Crippen molar-refractivity contribution >= 4 is 10.0 Å². The van der Waals surface area contributed by atoms with Crippen LogP contribution in [0.4, 0.5) is 0 Å². The summed E-state index contributed by atoms with van der Waals surface area (Å²) in [5.74, 6) is 1.20. The molecule has 23 heavy (non-hydrogen) atoms. The van der Waals surface area contributed by atoms with Gasteiger partial charge in [0.15, 0.2) is 0 Å². The standard InChI is InChI=1S/C16H19N3O3S/c1-13-17-10-7-16(18-13)22-14-8-11-19(12-9-14)23(20,21)15-5-3-2-4-6-15/h2-7,10,14H,8-9,11-12H2,1H3. The SMILES string of the molecule is Cc1nccc(OC2CCN(S(=O)(=O)c3ccccc3)CC2)n1. The predicted molar refractivity (Wildman–Crippen MR) is 85.6 cm³/mol. The molecule has 1 aliphatic rings. The molecular weight excluding hydrogens is 314 g/mol. The molecule has 0 bridgehead atoms. The Morgan fingerprint density at radius 2 is 1.83 bits per heavy atom. The molecule has 3 rings (SSSR count). The molecule has 0 amide bonds. The summed E-state index contributed by atoms with van der Waals surface area (Å²) >= 11 is 0. The van der Waals surface area contributed by atoms with Crippen molar-refractivity contribution in [3.63, 3.8) is 0 Å².